The Balaban J connectivity index is 0. The van der Waals surface area contributed by atoms with Crippen LogP contribution in [0.25, 0.3) is 0 Å². The molecule has 0 bridgehead atoms. The van der Waals surface area contributed by atoms with Crippen molar-refractivity contribution in [3.05, 3.63) is 10.9 Å². The molecule has 0 aromatic rings. The maximum Gasteiger partial charge on any atom is 1.00 e. The summed E-state index contributed by atoms with van der Waals surface area (Å²) in [7, 11) is -3.66. The maximum atomic E-state index is 10.8. The van der Waals surface area contributed by atoms with Crippen molar-refractivity contribution in [3.63, 3.8) is 0 Å². The Hall–Kier alpha value is -0.0900. The molecule has 0 saturated carbocycles. The van der Waals surface area contributed by atoms with Crippen molar-refractivity contribution in [2.24, 2.45) is 0 Å². The fourth-order valence-corrected chi connectivity index (χ4v) is 0.896. The standard InChI is InChI=1S/C6H7N2O2P.Na/c1-5(11(2,9)10)6(3-7)4-8;/h1-2H3,(H,9,10);/q;+1/p-1. The first-order valence-corrected chi connectivity index (χ1v) is 4.81. The van der Waals surface area contributed by atoms with Gasteiger partial charge < -0.3 is 9.46 Å². The average molecular weight is 192 g/mol. The number of allylic oxidation sites excluding steroid dienone is 2. The molecular weight excluding hydrogens is 186 g/mol. The fourth-order valence-electron chi connectivity index (χ4n) is 0.390. The summed E-state index contributed by atoms with van der Waals surface area (Å²) in [6.07, 6.45) is 0. The van der Waals surface area contributed by atoms with E-state index in [4.69, 9.17) is 10.5 Å². The Morgan fingerprint density at radius 3 is 1.83 bits per heavy atom. The summed E-state index contributed by atoms with van der Waals surface area (Å²) in [5.74, 6) is 0. The third kappa shape index (κ3) is 4.07. The molecule has 1 unspecified atom stereocenters. The van der Waals surface area contributed by atoms with E-state index in [-0.39, 0.29) is 40.4 Å². The molecule has 0 radical (unpaired) electrons. The molecule has 0 aromatic carbocycles. The third-order valence-electron chi connectivity index (χ3n) is 1.19. The molecule has 4 nitrogen and oxygen atoms in total. The van der Waals surface area contributed by atoms with Crippen LogP contribution in [0.4, 0.5) is 0 Å². The van der Waals surface area contributed by atoms with E-state index >= 15 is 0 Å². The number of rotatable bonds is 1. The van der Waals surface area contributed by atoms with E-state index < -0.39 is 7.37 Å². The van der Waals surface area contributed by atoms with E-state index in [9.17, 15) is 9.46 Å². The van der Waals surface area contributed by atoms with Gasteiger partial charge in [-0.2, -0.15) is 10.5 Å². The normalized spacial score (nSPS) is 12.8. The van der Waals surface area contributed by atoms with Crippen LogP contribution in [0.3, 0.4) is 0 Å². The van der Waals surface area contributed by atoms with Crippen LogP contribution >= 0.6 is 7.37 Å². The zero-order chi connectivity index (χ0) is 9.07. The second-order valence-corrected chi connectivity index (χ2v) is 4.39. The van der Waals surface area contributed by atoms with Crippen molar-refractivity contribution in [2.45, 2.75) is 6.92 Å². The molecule has 58 valence electrons. The zero-order valence-corrected chi connectivity index (χ0v) is 10.1. The minimum atomic E-state index is -3.66. The monoisotopic (exact) mass is 192 g/mol. The largest absolute Gasteiger partial charge is 1.00 e. The smallest absolute Gasteiger partial charge is 0.796 e. The molecule has 0 aliphatic heterocycles. The fraction of sp³-hybridized carbons (Fsp3) is 0.333. The third-order valence-corrected chi connectivity index (χ3v) is 2.64. The van der Waals surface area contributed by atoms with Gasteiger partial charge in [-0.25, -0.2) is 0 Å². The molecule has 0 heterocycles. The van der Waals surface area contributed by atoms with Crippen molar-refractivity contribution in [3.8, 4) is 12.1 Å². The van der Waals surface area contributed by atoms with Crippen molar-refractivity contribution in [2.75, 3.05) is 6.66 Å². The van der Waals surface area contributed by atoms with E-state index in [1.165, 1.54) is 19.1 Å². The first-order valence-electron chi connectivity index (χ1n) is 2.73. The van der Waals surface area contributed by atoms with Crippen LogP contribution < -0.4 is 34.5 Å². The predicted octanol–water partition coefficient (Wildman–Crippen LogP) is -2.42. The molecule has 12 heavy (non-hydrogen) atoms. The topological polar surface area (TPSA) is 87.7 Å². The van der Waals surface area contributed by atoms with Gasteiger partial charge in [0, 0.05) is 12.7 Å². The number of nitrogens with zero attached hydrogens (tertiary/aromatic N) is 2. The van der Waals surface area contributed by atoms with Crippen molar-refractivity contribution < 1.29 is 39.0 Å². The van der Waals surface area contributed by atoms with E-state index in [1.54, 1.807) is 0 Å². The van der Waals surface area contributed by atoms with Gasteiger partial charge in [0.15, 0.2) is 0 Å². The van der Waals surface area contributed by atoms with E-state index in [1.807, 2.05) is 0 Å². The summed E-state index contributed by atoms with van der Waals surface area (Å²) in [6, 6.07) is 3.01. The van der Waals surface area contributed by atoms with Crippen LogP contribution in [0.5, 0.6) is 0 Å². The van der Waals surface area contributed by atoms with Gasteiger partial charge in [-0.1, -0.05) is 0 Å². The second kappa shape index (κ2) is 5.54. The average Bonchev–Trinajstić information content (AvgIpc) is 1.88. The van der Waals surface area contributed by atoms with Crippen LogP contribution in [0, 0.1) is 22.7 Å². The molecule has 0 aliphatic carbocycles. The van der Waals surface area contributed by atoms with Gasteiger partial charge in [0.25, 0.3) is 0 Å². The predicted molar refractivity (Wildman–Crippen MR) is 37.5 cm³/mol. The number of hydrogen-bond acceptors (Lipinski definition) is 4. The van der Waals surface area contributed by atoms with Crippen molar-refractivity contribution in [1.82, 2.24) is 0 Å². The van der Waals surface area contributed by atoms with Crippen LogP contribution in [-0.4, -0.2) is 6.66 Å². The van der Waals surface area contributed by atoms with Crippen molar-refractivity contribution >= 4 is 7.37 Å². The maximum absolute atomic E-state index is 10.8. The Morgan fingerprint density at radius 1 is 1.42 bits per heavy atom. The Labute approximate surface area is 93.2 Å². The van der Waals surface area contributed by atoms with Gasteiger partial charge >= 0.3 is 29.6 Å². The summed E-state index contributed by atoms with van der Waals surface area (Å²) < 4.78 is 10.8. The molecule has 0 rings (SSSR count). The molecule has 0 amide bonds. The second-order valence-electron chi connectivity index (χ2n) is 2.03. The molecule has 1 atom stereocenters. The minimum absolute atomic E-state index is 0. The molecular formula is C6H6N2NaO2P. The summed E-state index contributed by atoms with van der Waals surface area (Å²) >= 11 is 0. The SMILES string of the molecule is CC(=C(C#N)C#N)P(C)(=O)[O-].[Na+]. The van der Waals surface area contributed by atoms with Crippen LogP contribution in [0.1, 0.15) is 6.92 Å². The van der Waals surface area contributed by atoms with E-state index in [0.29, 0.717) is 0 Å². The van der Waals surface area contributed by atoms with E-state index in [2.05, 4.69) is 0 Å². The quantitative estimate of drug-likeness (QED) is 0.263. The molecule has 0 aromatic heterocycles. The summed E-state index contributed by atoms with van der Waals surface area (Å²) in [4.78, 5) is 10.8. The Bertz CT molecular complexity index is 301. The minimum Gasteiger partial charge on any atom is -0.796 e. The van der Waals surface area contributed by atoms with Crippen LogP contribution in [0.2, 0.25) is 0 Å². The molecule has 0 aliphatic rings. The summed E-state index contributed by atoms with van der Waals surface area (Å²) in [5.41, 5.74) is -0.342. The van der Waals surface area contributed by atoms with Gasteiger partial charge in [-0.3, -0.25) is 0 Å². The summed E-state index contributed by atoms with van der Waals surface area (Å²) in [5, 5.41) is 16.4. The molecule has 0 spiro atoms. The molecule has 0 saturated heterocycles. The van der Waals surface area contributed by atoms with Gasteiger partial charge in [0.1, 0.15) is 17.7 Å². The van der Waals surface area contributed by atoms with Gasteiger partial charge in [0.2, 0.25) is 0 Å². The van der Waals surface area contributed by atoms with Gasteiger partial charge in [0.05, 0.1) is 0 Å². The first kappa shape index (κ1) is 14.4. The van der Waals surface area contributed by atoms with E-state index in [0.717, 1.165) is 6.66 Å². The van der Waals surface area contributed by atoms with Gasteiger partial charge in [-0.05, 0) is 13.6 Å². The molecule has 0 fully saturated rings. The van der Waals surface area contributed by atoms with Gasteiger partial charge in [-0.15, -0.1) is 0 Å². The molecule has 0 N–H and O–H groups in total. The Morgan fingerprint density at radius 2 is 1.75 bits per heavy atom. The number of nitriles is 2. The Kier molecular flexibility index (Phi) is 6.66. The van der Waals surface area contributed by atoms with Crippen LogP contribution in [-0.2, 0) is 4.57 Å². The number of hydrogen-bond donors (Lipinski definition) is 0. The first-order chi connectivity index (χ1) is 4.93. The zero-order valence-electron chi connectivity index (χ0n) is 7.16. The van der Waals surface area contributed by atoms with Crippen LogP contribution in [0.15, 0.2) is 10.9 Å². The molecule has 6 heteroatoms. The van der Waals surface area contributed by atoms with Crippen molar-refractivity contribution in [1.29, 1.82) is 10.5 Å². The summed E-state index contributed by atoms with van der Waals surface area (Å²) in [6.45, 7) is 2.23.